The molecule has 1 aromatic carbocycles. The molecule has 2 aliphatic rings. The van der Waals surface area contributed by atoms with Gasteiger partial charge in [-0.3, -0.25) is 9.79 Å². The second kappa shape index (κ2) is 12.8. The standard InChI is InChI=1S/C29H38N6O3.ClH/c1-19-12-13-21-20(17-19)26(33-23-10-5-4-9-22(23)31-25(30)24-11-8-16-38-24)34-27(32-21)28(36)35-29(18-37-2)14-6-3-7-15-29;/h8,11-13,16-17,22-23H,3-7,9-10,14-15,18H2,1-2H3,(H2,30,31)(H,35,36)(H,32,33,34);1H/t22-,23+;/m1./s1. The van der Waals surface area contributed by atoms with E-state index in [1.54, 1.807) is 19.4 Å². The number of aryl methyl sites for hydroxylation is 1. The summed E-state index contributed by atoms with van der Waals surface area (Å²) < 4.78 is 10.9. The number of aromatic nitrogens is 2. The van der Waals surface area contributed by atoms with E-state index in [2.05, 4.69) is 21.7 Å². The summed E-state index contributed by atoms with van der Waals surface area (Å²) in [4.78, 5) is 27.8. The number of benzene rings is 1. The summed E-state index contributed by atoms with van der Waals surface area (Å²) >= 11 is 0. The van der Waals surface area contributed by atoms with E-state index in [4.69, 9.17) is 24.9 Å². The van der Waals surface area contributed by atoms with Gasteiger partial charge < -0.3 is 25.5 Å². The third-order valence-corrected chi connectivity index (χ3v) is 7.79. The first-order valence-electron chi connectivity index (χ1n) is 13.7. The molecule has 0 radical (unpaired) electrons. The Morgan fingerprint density at radius 1 is 1.15 bits per heavy atom. The average molecular weight is 555 g/mol. The van der Waals surface area contributed by atoms with Crippen molar-refractivity contribution in [2.24, 2.45) is 10.7 Å². The minimum atomic E-state index is -0.379. The molecule has 10 heteroatoms. The van der Waals surface area contributed by atoms with Crippen molar-refractivity contribution >= 4 is 40.9 Å². The molecule has 4 N–H and O–H groups in total. The minimum absolute atomic E-state index is 0. The molecule has 2 atom stereocenters. The van der Waals surface area contributed by atoms with Crippen LogP contribution in [0.4, 0.5) is 5.82 Å². The molecule has 9 nitrogen and oxygen atoms in total. The zero-order valence-corrected chi connectivity index (χ0v) is 23.6. The summed E-state index contributed by atoms with van der Waals surface area (Å²) in [7, 11) is 1.68. The number of fused-ring (bicyclic) bond motifs is 1. The SMILES string of the molecule is COCC1(NC(=O)c2nc(N[C@H]3CCCC[C@H]3N=C(N)c3ccco3)c3cc(C)ccc3n2)CCCCC1.Cl. The highest BCUT2D eigenvalue weighted by atomic mass is 35.5. The molecule has 0 saturated heterocycles. The van der Waals surface area contributed by atoms with Crippen molar-refractivity contribution in [3.05, 3.63) is 53.7 Å². The van der Waals surface area contributed by atoms with Gasteiger partial charge in [0, 0.05) is 18.5 Å². The predicted molar refractivity (Wildman–Crippen MR) is 156 cm³/mol. The fourth-order valence-corrected chi connectivity index (χ4v) is 5.84. The number of furan rings is 1. The normalized spacial score (nSPS) is 21.2. The molecule has 3 aromatic rings. The number of aliphatic imine (C=N–C) groups is 1. The van der Waals surface area contributed by atoms with E-state index in [0.717, 1.165) is 67.8 Å². The van der Waals surface area contributed by atoms with E-state index in [1.807, 2.05) is 25.1 Å². The number of amides is 1. The van der Waals surface area contributed by atoms with Crippen molar-refractivity contribution in [2.75, 3.05) is 19.0 Å². The van der Waals surface area contributed by atoms with E-state index in [1.165, 1.54) is 6.42 Å². The van der Waals surface area contributed by atoms with E-state index in [9.17, 15) is 4.79 Å². The Hall–Kier alpha value is -3.17. The lowest BCUT2D eigenvalue weighted by Gasteiger charge is -2.37. The van der Waals surface area contributed by atoms with Gasteiger partial charge in [-0.2, -0.15) is 0 Å². The van der Waals surface area contributed by atoms with Crippen LogP contribution in [0.3, 0.4) is 0 Å². The summed E-state index contributed by atoms with van der Waals surface area (Å²) in [5, 5.41) is 7.77. The highest BCUT2D eigenvalue weighted by Crippen LogP contribution is 2.31. The van der Waals surface area contributed by atoms with Crippen LogP contribution in [0.5, 0.6) is 0 Å². The van der Waals surface area contributed by atoms with Gasteiger partial charge in [-0.1, -0.05) is 43.7 Å². The smallest absolute Gasteiger partial charge is 0.289 e. The van der Waals surface area contributed by atoms with Crippen molar-refractivity contribution in [1.29, 1.82) is 0 Å². The molecule has 1 amide bonds. The third kappa shape index (κ3) is 6.70. The topological polar surface area (TPSA) is 128 Å². The van der Waals surface area contributed by atoms with E-state index in [-0.39, 0.29) is 41.8 Å². The van der Waals surface area contributed by atoms with Crippen molar-refractivity contribution in [2.45, 2.75) is 82.3 Å². The van der Waals surface area contributed by atoms with Gasteiger partial charge in [0.15, 0.2) is 11.6 Å². The molecule has 0 aliphatic heterocycles. The predicted octanol–water partition coefficient (Wildman–Crippen LogP) is 5.16. The Labute approximate surface area is 235 Å². The number of nitrogens with two attached hydrogens (primary N) is 1. The Balaban J connectivity index is 0.00000353. The molecular weight excluding hydrogens is 516 g/mol. The zero-order valence-electron chi connectivity index (χ0n) is 22.7. The molecule has 0 bridgehead atoms. The maximum atomic E-state index is 13.5. The summed E-state index contributed by atoms with van der Waals surface area (Å²) in [5.74, 6) is 1.51. The molecule has 2 aromatic heterocycles. The second-order valence-corrected chi connectivity index (χ2v) is 10.7. The average Bonchev–Trinajstić information content (AvgIpc) is 3.46. The quantitative estimate of drug-likeness (QED) is 0.259. The van der Waals surface area contributed by atoms with Crippen LogP contribution in [0.1, 0.15) is 79.7 Å². The van der Waals surface area contributed by atoms with E-state index >= 15 is 0 Å². The Morgan fingerprint density at radius 3 is 2.69 bits per heavy atom. The van der Waals surface area contributed by atoms with Crippen molar-refractivity contribution < 1.29 is 13.9 Å². The molecule has 2 saturated carbocycles. The molecule has 210 valence electrons. The van der Waals surface area contributed by atoms with Gasteiger partial charge in [-0.25, -0.2) is 9.97 Å². The number of hydrogen-bond donors (Lipinski definition) is 3. The lowest BCUT2D eigenvalue weighted by Crippen LogP contribution is -2.53. The third-order valence-electron chi connectivity index (χ3n) is 7.79. The molecular formula is C29H39ClN6O3. The maximum absolute atomic E-state index is 13.5. The molecule has 2 aliphatic carbocycles. The summed E-state index contributed by atoms with van der Waals surface area (Å²) in [5.41, 5.74) is 7.72. The molecule has 0 unspecified atom stereocenters. The van der Waals surface area contributed by atoms with Crippen LogP contribution < -0.4 is 16.4 Å². The number of anilines is 1. The number of rotatable bonds is 8. The molecule has 2 heterocycles. The van der Waals surface area contributed by atoms with Crippen molar-refractivity contribution in [3.63, 3.8) is 0 Å². The Bertz CT molecular complexity index is 1280. The lowest BCUT2D eigenvalue weighted by molar-refractivity contribution is 0.0631. The highest BCUT2D eigenvalue weighted by Gasteiger charge is 2.35. The van der Waals surface area contributed by atoms with Gasteiger partial charge in [-0.05, 0) is 56.9 Å². The number of nitrogens with zero attached hydrogens (tertiary/aromatic N) is 3. The second-order valence-electron chi connectivity index (χ2n) is 10.7. The van der Waals surface area contributed by atoms with Crippen LogP contribution >= 0.6 is 12.4 Å². The number of hydrogen-bond acceptors (Lipinski definition) is 7. The number of carbonyl (C=O) groups excluding carboxylic acids is 1. The minimum Gasteiger partial charge on any atom is -0.461 e. The highest BCUT2D eigenvalue weighted by molar-refractivity contribution is 5.97. The first kappa shape index (κ1) is 28.8. The maximum Gasteiger partial charge on any atom is 0.289 e. The van der Waals surface area contributed by atoms with Gasteiger partial charge in [0.25, 0.3) is 5.91 Å². The van der Waals surface area contributed by atoms with Crippen molar-refractivity contribution in [3.8, 4) is 0 Å². The van der Waals surface area contributed by atoms with Gasteiger partial charge in [-0.15, -0.1) is 12.4 Å². The number of amidine groups is 1. The first-order valence-corrected chi connectivity index (χ1v) is 13.7. The first-order chi connectivity index (χ1) is 18.5. The lowest BCUT2D eigenvalue weighted by atomic mass is 9.82. The summed E-state index contributed by atoms with van der Waals surface area (Å²) in [6, 6.07) is 9.62. The van der Waals surface area contributed by atoms with Gasteiger partial charge >= 0.3 is 0 Å². The summed E-state index contributed by atoms with van der Waals surface area (Å²) in [6.45, 7) is 2.52. The largest absolute Gasteiger partial charge is 0.461 e. The van der Waals surface area contributed by atoms with Crippen LogP contribution in [0.15, 0.2) is 46.0 Å². The van der Waals surface area contributed by atoms with E-state index in [0.29, 0.717) is 24.0 Å². The van der Waals surface area contributed by atoms with Gasteiger partial charge in [0.1, 0.15) is 5.82 Å². The zero-order chi connectivity index (χ0) is 26.5. The van der Waals surface area contributed by atoms with Gasteiger partial charge in [0.05, 0.1) is 30.0 Å². The van der Waals surface area contributed by atoms with Crippen LogP contribution in [0.25, 0.3) is 10.9 Å². The fourth-order valence-electron chi connectivity index (χ4n) is 5.84. The van der Waals surface area contributed by atoms with Crippen LogP contribution in [-0.4, -0.2) is 53.1 Å². The number of nitrogens with one attached hydrogen (secondary N) is 2. The van der Waals surface area contributed by atoms with E-state index < -0.39 is 0 Å². The Kier molecular flexibility index (Phi) is 9.45. The fraction of sp³-hybridized carbons (Fsp3) is 0.517. The molecule has 0 spiro atoms. The number of methoxy groups -OCH3 is 1. The van der Waals surface area contributed by atoms with Crippen LogP contribution in [0.2, 0.25) is 0 Å². The Morgan fingerprint density at radius 2 is 1.95 bits per heavy atom. The monoisotopic (exact) mass is 554 g/mol. The van der Waals surface area contributed by atoms with Crippen molar-refractivity contribution in [1.82, 2.24) is 15.3 Å². The molecule has 39 heavy (non-hydrogen) atoms. The van der Waals surface area contributed by atoms with Gasteiger partial charge in [0.2, 0.25) is 5.82 Å². The number of carbonyl (C=O) groups is 1. The number of halogens is 1. The molecule has 2 fully saturated rings. The van der Waals surface area contributed by atoms with Crippen LogP contribution in [-0.2, 0) is 4.74 Å². The van der Waals surface area contributed by atoms with Crippen LogP contribution in [0, 0.1) is 6.92 Å². The summed E-state index contributed by atoms with van der Waals surface area (Å²) in [6.07, 6.45) is 10.7. The molecule has 5 rings (SSSR count). The number of ether oxygens (including phenoxy) is 1.